The number of H-pyrrole nitrogens is 1. The highest BCUT2D eigenvalue weighted by Gasteiger charge is 2.20. The Bertz CT molecular complexity index is 896. The number of aromatic nitrogens is 2. The molecule has 0 fully saturated rings. The molecule has 0 saturated carbocycles. The number of rotatable bonds is 9. The lowest BCUT2D eigenvalue weighted by Crippen LogP contribution is -2.36. The molecule has 146 valence electrons. The Kier molecular flexibility index (Phi) is 6.92. The topological polar surface area (TPSA) is 67.0 Å². The monoisotopic (exact) mass is 381 g/mol. The maximum atomic E-state index is 14.2. The van der Waals surface area contributed by atoms with E-state index in [1.54, 1.807) is 25.3 Å². The van der Waals surface area contributed by atoms with Crippen LogP contribution in [0.3, 0.4) is 0 Å². The van der Waals surface area contributed by atoms with E-state index in [0.29, 0.717) is 29.8 Å². The van der Waals surface area contributed by atoms with Crippen LogP contribution in [0.1, 0.15) is 28.8 Å². The van der Waals surface area contributed by atoms with Gasteiger partial charge in [0.2, 0.25) is 0 Å². The number of benzene rings is 2. The van der Waals surface area contributed by atoms with Crippen LogP contribution in [0.2, 0.25) is 0 Å². The van der Waals surface area contributed by atoms with Gasteiger partial charge in [0.05, 0.1) is 17.5 Å². The van der Waals surface area contributed by atoms with Gasteiger partial charge >= 0.3 is 0 Å². The van der Waals surface area contributed by atoms with Crippen LogP contribution in [0.5, 0.6) is 0 Å². The molecule has 0 spiro atoms. The van der Waals surface area contributed by atoms with Crippen LogP contribution in [0.15, 0.2) is 60.8 Å². The van der Waals surface area contributed by atoms with Gasteiger partial charge in [-0.05, 0) is 37.0 Å². The summed E-state index contributed by atoms with van der Waals surface area (Å²) in [6.07, 6.45) is 3.76. The van der Waals surface area contributed by atoms with Crippen molar-refractivity contribution in [3.8, 4) is 11.3 Å². The van der Waals surface area contributed by atoms with Gasteiger partial charge in [0.25, 0.3) is 5.91 Å². The number of nitrogens with zero attached hydrogens (tertiary/aromatic N) is 1. The van der Waals surface area contributed by atoms with Gasteiger partial charge in [-0.15, -0.1) is 0 Å². The number of halogens is 1. The molecule has 0 aliphatic carbocycles. The molecule has 0 radical (unpaired) electrons. The normalized spacial score (nSPS) is 11.9. The molecular formula is C22H24FN3O2. The van der Waals surface area contributed by atoms with Crippen molar-refractivity contribution < 1.29 is 13.9 Å². The highest BCUT2D eigenvalue weighted by atomic mass is 19.1. The van der Waals surface area contributed by atoms with Gasteiger partial charge in [0.15, 0.2) is 0 Å². The highest BCUT2D eigenvalue weighted by molar-refractivity contribution is 5.99. The molecule has 1 amide bonds. The molecule has 1 atom stereocenters. The largest absolute Gasteiger partial charge is 0.385 e. The lowest BCUT2D eigenvalue weighted by atomic mass is 10.0. The summed E-state index contributed by atoms with van der Waals surface area (Å²) in [5.41, 5.74) is 2.18. The van der Waals surface area contributed by atoms with Crippen molar-refractivity contribution in [1.82, 2.24) is 15.5 Å². The maximum Gasteiger partial charge on any atom is 0.255 e. The Balaban J connectivity index is 1.76. The first-order valence-electron chi connectivity index (χ1n) is 9.31. The summed E-state index contributed by atoms with van der Waals surface area (Å²) in [6, 6.07) is 16.3. The third-order valence-corrected chi connectivity index (χ3v) is 4.59. The Morgan fingerprint density at radius 1 is 1.18 bits per heavy atom. The Labute approximate surface area is 163 Å². The average Bonchev–Trinajstić information content (AvgIpc) is 3.19. The SMILES string of the molecule is COCCCC(Cc1ccccc1)NC(=O)c1cn[nH]c1-c1ccccc1F. The summed E-state index contributed by atoms with van der Waals surface area (Å²) in [6.45, 7) is 0.632. The standard InChI is InChI=1S/C22H24FN3O2/c1-28-13-7-10-17(14-16-8-3-2-4-9-16)25-22(27)19-15-24-26-21(19)18-11-5-6-12-20(18)23/h2-6,8-9,11-12,15,17H,7,10,13-14H2,1H3,(H,24,26)(H,25,27). The van der Waals surface area contributed by atoms with Crippen LogP contribution in [-0.4, -0.2) is 35.9 Å². The summed E-state index contributed by atoms with van der Waals surface area (Å²) in [4.78, 5) is 12.9. The number of ether oxygens (including phenoxy) is 1. The molecule has 2 aromatic carbocycles. The molecule has 1 aromatic heterocycles. The predicted octanol–water partition coefficient (Wildman–Crippen LogP) is 3.98. The summed E-state index contributed by atoms with van der Waals surface area (Å²) >= 11 is 0. The minimum absolute atomic E-state index is 0.0616. The first kappa shape index (κ1) is 19.8. The highest BCUT2D eigenvalue weighted by Crippen LogP contribution is 2.24. The lowest BCUT2D eigenvalue weighted by molar-refractivity contribution is 0.0932. The minimum atomic E-state index is -0.401. The number of aromatic amines is 1. The number of hydrogen-bond donors (Lipinski definition) is 2. The molecule has 6 heteroatoms. The van der Waals surface area contributed by atoms with Gasteiger partial charge < -0.3 is 10.1 Å². The molecule has 1 heterocycles. The van der Waals surface area contributed by atoms with E-state index in [1.165, 1.54) is 12.3 Å². The fourth-order valence-corrected chi connectivity index (χ4v) is 3.19. The van der Waals surface area contributed by atoms with Crippen molar-refractivity contribution in [3.05, 3.63) is 77.7 Å². The predicted molar refractivity (Wildman–Crippen MR) is 106 cm³/mol. The molecule has 5 nitrogen and oxygen atoms in total. The first-order valence-corrected chi connectivity index (χ1v) is 9.31. The van der Waals surface area contributed by atoms with E-state index in [-0.39, 0.29) is 11.9 Å². The Morgan fingerprint density at radius 3 is 2.68 bits per heavy atom. The molecule has 2 N–H and O–H groups in total. The molecule has 0 aliphatic rings. The molecule has 0 aliphatic heterocycles. The van der Waals surface area contributed by atoms with E-state index in [9.17, 15) is 9.18 Å². The fourth-order valence-electron chi connectivity index (χ4n) is 3.19. The fraction of sp³-hybridized carbons (Fsp3) is 0.273. The molecule has 0 bridgehead atoms. The second-order valence-corrected chi connectivity index (χ2v) is 6.63. The lowest BCUT2D eigenvalue weighted by Gasteiger charge is -2.19. The average molecular weight is 381 g/mol. The second kappa shape index (κ2) is 9.80. The smallest absolute Gasteiger partial charge is 0.255 e. The van der Waals surface area contributed by atoms with Crippen molar-refractivity contribution in [2.45, 2.75) is 25.3 Å². The van der Waals surface area contributed by atoms with Gasteiger partial charge in [0, 0.05) is 25.3 Å². The molecule has 3 aromatic rings. The van der Waals surface area contributed by atoms with Crippen LogP contribution in [-0.2, 0) is 11.2 Å². The van der Waals surface area contributed by atoms with Gasteiger partial charge in [-0.1, -0.05) is 42.5 Å². The Hall–Kier alpha value is -2.99. The van der Waals surface area contributed by atoms with Gasteiger partial charge in [-0.3, -0.25) is 9.89 Å². The van der Waals surface area contributed by atoms with Crippen LogP contribution < -0.4 is 5.32 Å². The quantitative estimate of drug-likeness (QED) is 0.551. The van der Waals surface area contributed by atoms with Gasteiger partial charge in [0.1, 0.15) is 5.82 Å². The van der Waals surface area contributed by atoms with Crippen molar-refractivity contribution in [2.75, 3.05) is 13.7 Å². The number of carbonyl (C=O) groups excluding carboxylic acids is 1. The third kappa shape index (κ3) is 5.04. The van der Waals surface area contributed by atoms with Crippen LogP contribution in [0, 0.1) is 5.82 Å². The maximum absolute atomic E-state index is 14.2. The van der Waals surface area contributed by atoms with Crippen LogP contribution in [0.4, 0.5) is 4.39 Å². The zero-order valence-corrected chi connectivity index (χ0v) is 15.8. The van der Waals surface area contributed by atoms with Gasteiger partial charge in [-0.2, -0.15) is 5.10 Å². The van der Waals surface area contributed by atoms with E-state index in [4.69, 9.17) is 4.74 Å². The van der Waals surface area contributed by atoms with Crippen molar-refractivity contribution in [3.63, 3.8) is 0 Å². The molecular weight excluding hydrogens is 357 g/mol. The number of carbonyl (C=O) groups is 1. The van der Waals surface area contributed by atoms with E-state index in [1.807, 2.05) is 30.3 Å². The summed E-state index contributed by atoms with van der Waals surface area (Å²) < 4.78 is 19.3. The summed E-state index contributed by atoms with van der Waals surface area (Å²) in [5, 5.41) is 9.78. The Morgan fingerprint density at radius 2 is 1.93 bits per heavy atom. The number of hydrogen-bond acceptors (Lipinski definition) is 3. The van der Waals surface area contributed by atoms with Crippen molar-refractivity contribution in [1.29, 1.82) is 0 Å². The number of methoxy groups -OCH3 is 1. The second-order valence-electron chi connectivity index (χ2n) is 6.63. The van der Waals surface area contributed by atoms with Crippen LogP contribution >= 0.6 is 0 Å². The van der Waals surface area contributed by atoms with Gasteiger partial charge in [-0.25, -0.2) is 4.39 Å². The molecule has 1 unspecified atom stereocenters. The third-order valence-electron chi connectivity index (χ3n) is 4.59. The summed E-state index contributed by atoms with van der Waals surface area (Å²) in [7, 11) is 1.66. The minimum Gasteiger partial charge on any atom is -0.385 e. The number of nitrogens with one attached hydrogen (secondary N) is 2. The van der Waals surface area contributed by atoms with Crippen LogP contribution in [0.25, 0.3) is 11.3 Å². The molecule has 3 rings (SSSR count). The number of amides is 1. The van der Waals surface area contributed by atoms with E-state index < -0.39 is 5.82 Å². The van der Waals surface area contributed by atoms with Crippen molar-refractivity contribution >= 4 is 5.91 Å². The zero-order chi connectivity index (χ0) is 19.8. The summed E-state index contributed by atoms with van der Waals surface area (Å²) in [5.74, 6) is -0.674. The zero-order valence-electron chi connectivity index (χ0n) is 15.8. The van der Waals surface area contributed by atoms with Crippen molar-refractivity contribution in [2.24, 2.45) is 0 Å². The first-order chi connectivity index (χ1) is 13.7. The van der Waals surface area contributed by atoms with E-state index in [0.717, 1.165) is 18.4 Å². The molecule has 0 saturated heterocycles. The van der Waals surface area contributed by atoms with E-state index in [2.05, 4.69) is 15.5 Å². The molecule has 28 heavy (non-hydrogen) atoms. The van der Waals surface area contributed by atoms with E-state index >= 15 is 0 Å².